The Kier molecular flexibility index (Phi) is 5.82. The first-order valence-corrected chi connectivity index (χ1v) is 10.7. The topological polar surface area (TPSA) is 57.7 Å². The van der Waals surface area contributed by atoms with Crippen molar-refractivity contribution in [3.05, 3.63) is 29.8 Å². The summed E-state index contributed by atoms with van der Waals surface area (Å²) in [4.78, 5) is 14.4. The molecule has 6 heteroatoms. The molecule has 5 nitrogen and oxygen atoms in total. The number of nitrogens with zero attached hydrogens (tertiary/aromatic N) is 2. The molecule has 0 saturated carbocycles. The monoisotopic (exact) mass is 366 g/mol. The number of carbonyl (C=O) groups is 1. The van der Waals surface area contributed by atoms with E-state index in [9.17, 15) is 13.2 Å². The van der Waals surface area contributed by atoms with Crippen LogP contribution < -0.4 is 4.31 Å². The zero-order valence-electron chi connectivity index (χ0n) is 15.9. The summed E-state index contributed by atoms with van der Waals surface area (Å²) < 4.78 is 25.7. The van der Waals surface area contributed by atoms with E-state index in [0.29, 0.717) is 24.7 Å². The van der Waals surface area contributed by atoms with Crippen LogP contribution in [0.3, 0.4) is 0 Å². The number of sulfonamides is 1. The van der Waals surface area contributed by atoms with Crippen LogP contribution in [0.15, 0.2) is 24.3 Å². The molecule has 1 heterocycles. The number of carbonyl (C=O) groups excluding carboxylic acids is 1. The lowest BCUT2D eigenvalue weighted by molar-refractivity contribution is -0.131. The lowest BCUT2D eigenvalue weighted by Gasteiger charge is -2.33. The van der Waals surface area contributed by atoms with Crippen LogP contribution in [-0.4, -0.2) is 45.1 Å². The Hall–Kier alpha value is -1.56. The van der Waals surface area contributed by atoms with E-state index in [2.05, 4.69) is 27.7 Å². The summed E-state index contributed by atoms with van der Waals surface area (Å²) in [6, 6.07) is 7.43. The highest BCUT2D eigenvalue weighted by atomic mass is 32.2. The third kappa shape index (κ3) is 5.21. The first kappa shape index (κ1) is 19.8. The van der Waals surface area contributed by atoms with Gasteiger partial charge in [-0.25, -0.2) is 8.42 Å². The molecule has 2 rings (SSSR count). The van der Waals surface area contributed by atoms with E-state index in [1.165, 1.54) is 4.31 Å². The summed E-state index contributed by atoms with van der Waals surface area (Å²) in [7, 11) is -3.53. The van der Waals surface area contributed by atoms with E-state index in [0.717, 1.165) is 24.7 Å². The van der Waals surface area contributed by atoms with Crippen LogP contribution in [0.5, 0.6) is 0 Å². The van der Waals surface area contributed by atoms with Crippen molar-refractivity contribution in [2.75, 3.05) is 30.2 Å². The van der Waals surface area contributed by atoms with E-state index in [4.69, 9.17) is 0 Å². The van der Waals surface area contributed by atoms with Crippen molar-refractivity contribution in [1.82, 2.24) is 4.90 Å². The second-order valence-corrected chi connectivity index (χ2v) is 10.1. The van der Waals surface area contributed by atoms with Gasteiger partial charge in [0, 0.05) is 13.1 Å². The molecule has 1 aromatic rings. The Bertz CT molecular complexity index is 705. The number of anilines is 1. The highest BCUT2D eigenvalue weighted by molar-refractivity contribution is 7.92. The maximum absolute atomic E-state index is 12.6. The molecule has 1 fully saturated rings. The molecule has 0 spiro atoms. The summed E-state index contributed by atoms with van der Waals surface area (Å²) in [6.07, 6.45) is 3.25. The molecule has 0 aliphatic carbocycles. The summed E-state index contributed by atoms with van der Waals surface area (Å²) in [5, 5.41) is 0. The molecular weight excluding hydrogens is 336 g/mol. The van der Waals surface area contributed by atoms with Gasteiger partial charge in [0.15, 0.2) is 0 Å². The quantitative estimate of drug-likeness (QED) is 0.823. The number of likely N-dealkylation sites (tertiary alicyclic amines) is 1. The highest BCUT2D eigenvalue weighted by Crippen LogP contribution is 2.26. The minimum atomic E-state index is -3.53. The third-order valence-corrected chi connectivity index (χ3v) is 5.85. The average Bonchev–Trinajstić information content (AvgIpc) is 2.50. The molecule has 1 aliphatic heterocycles. The van der Waals surface area contributed by atoms with Gasteiger partial charge in [0.25, 0.3) is 0 Å². The van der Waals surface area contributed by atoms with Crippen LogP contribution >= 0.6 is 0 Å². The van der Waals surface area contributed by atoms with E-state index < -0.39 is 10.0 Å². The summed E-state index contributed by atoms with van der Waals surface area (Å²) >= 11 is 0. The molecule has 1 atom stereocenters. The molecule has 140 valence electrons. The van der Waals surface area contributed by atoms with Gasteiger partial charge in [0.1, 0.15) is 6.54 Å². The minimum Gasteiger partial charge on any atom is -0.341 e. The normalized spacial score (nSPS) is 18.9. The van der Waals surface area contributed by atoms with Crippen molar-refractivity contribution in [2.24, 2.45) is 5.92 Å². The number of benzene rings is 1. The van der Waals surface area contributed by atoms with Crippen molar-refractivity contribution >= 4 is 21.6 Å². The van der Waals surface area contributed by atoms with Gasteiger partial charge in [-0.2, -0.15) is 0 Å². The van der Waals surface area contributed by atoms with Gasteiger partial charge >= 0.3 is 0 Å². The molecule has 0 radical (unpaired) electrons. The molecule has 0 bridgehead atoms. The van der Waals surface area contributed by atoms with Gasteiger partial charge in [-0.1, -0.05) is 39.8 Å². The zero-order valence-corrected chi connectivity index (χ0v) is 16.8. The second-order valence-electron chi connectivity index (χ2n) is 8.15. The molecule has 25 heavy (non-hydrogen) atoms. The smallest absolute Gasteiger partial charge is 0.243 e. The van der Waals surface area contributed by atoms with E-state index in [-0.39, 0.29) is 17.9 Å². The molecule has 1 aliphatic rings. The van der Waals surface area contributed by atoms with Gasteiger partial charge < -0.3 is 4.90 Å². The second kappa shape index (κ2) is 7.36. The fraction of sp³-hybridized carbons (Fsp3) is 0.632. The fourth-order valence-corrected chi connectivity index (χ4v) is 4.02. The first-order valence-electron chi connectivity index (χ1n) is 8.84. The van der Waals surface area contributed by atoms with Crippen LogP contribution in [0, 0.1) is 5.92 Å². The molecule has 1 amide bonds. The van der Waals surface area contributed by atoms with Crippen LogP contribution in [0.1, 0.15) is 46.1 Å². The number of hydrogen-bond donors (Lipinski definition) is 0. The SMILES string of the molecule is CC1CCCN(C(=O)CN(c2ccc(C(C)(C)C)cc2)S(C)(=O)=O)C1. The van der Waals surface area contributed by atoms with Gasteiger partial charge in [-0.15, -0.1) is 0 Å². The maximum Gasteiger partial charge on any atom is 0.243 e. The number of amides is 1. The van der Waals surface area contributed by atoms with Crippen LogP contribution in [0.4, 0.5) is 5.69 Å². The first-order chi connectivity index (χ1) is 11.5. The van der Waals surface area contributed by atoms with Crippen molar-refractivity contribution in [1.29, 1.82) is 0 Å². The third-order valence-electron chi connectivity index (χ3n) is 4.71. The van der Waals surface area contributed by atoms with Crippen LogP contribution in [0.25, 0.3) is 0 Å². The predicted octanol–water partition coefficient (Wildman–Crippen LogP) is 3.01. The Morgan fingerprint density at radius 1 is 1.24 bits per heavy atom. The van der Waals surface area contributed by atoms with E-state index >= 15 is 0 Å². The van der Waals surface area contributed by atoms with Gasteiger partial charge in [-0.05, 0) is 41.9 Å². The Morgan fingerprint density at radius 2 is 1.84 bits per heavy atom. The molecule has 1 unspecified atom stereocenters. The fourth-order valence-electron chi connectivity index (χ4n) is 3.17. The summed E-state index contributed by atoms with van der Waals surface area (Å²) in [5.41, 5.74) is 1.66. The predicted molar refractivity (Wildman–Crippen MR) is 102 cm³/mol. The Balaban J connectivity index is 2.21. The Morgan fingerprint density at radius 3 is 2.32 bits per heavy atom. The van der Waals surface area contributed by atoms with Gasteiger partial charge in [0.2, 0.25) is 15.9 Å². The Labute approximate surface area is 152 Å². The average molecular weight is 367 g/mol. The van der Waals surface area contributed by atoms with Gasteiger partial charge in [-0.3, -0.25) is 9.10 Å². The standard InChI is InChI=1S/C19H30N2O3S/c1-15-7-6-12-20(13-15)18(22)14-21(25(5,23)24)17-10-8-16(9-11-17)19(2,3)4/h8-11,15H,6-7,12-14H2,1-5H3. The zero-order chi connectivity index (χ0) is 18.8. The minimum absolute atomic E-state index is 0.00575. The molecule has 0 aromatic heterocycles. The van der Waals surface area contributed by atoms with Crippen LogP contribution in [-0.2, 0) is 20.2 Å². The molecule has 1 aromatic carbocycles. The van der Waals surface area contributed by atoms with Gasteiger partial charge in [0.05, 0.1) is 11.9 Å². The summed E-state index contributed by atoms with van der Waals surface area (Å²) in [5.74, 6) is 0.340. The van der Waals surface area contributed by atoms with E-state index in [1.54, 1.807) is 17.0 Å². The number of hydrogen-bond acceptors (Lipinski definition) is 3. The van der Waals surface area contributed by atoms with Crippen molar-refractivity contribution in [2.45, 2.75) is 46.0 Å². The molecule has 1 saturated heterocycles. The number of rotatable bonds is 4. The maximum atomic E-state index is 12.6. The van der Waals surface area contributed by atoms with Crippen LogP contribution in [0.2, 0.25) is 0 Å². The largest absolute Gasteiger partial charge is 0.341 e. The molecular formula is C19H30N2O3S. The molecule has 0 N–H and O–H groups in total. The van der Waals surface area contributed by atoms with Crippen molar-refractivity contribution in [3.8, 4) is 0 Å². The number of piperidine rings is 1. The van der Waals surface area contributed by atoms with Crippen molar-refractivity contribution in [3.63, 3.8) is 0 Å². The van der Waals surface area contributed by atoms with E-state index in [1.807, 2.05) is 12.1 Å². The lowest BCUT2D eigenvalue weighted by Crippen LogP contribution is -2.46. The summed E-state index contributed by atoms with van der Waals surface area (Å²) in [6.45, 7) is 9.73. The highest BCUT2D eigenvalue weighted by Gasteiger charge is 2.27. The van der Waals surface area contributed by atoms with Crippen molar-refractivity contribution < 1.29 is 13.2 Å². The lowest BCUT2D eigenvalue weighted by atomic mass is 9.87.